The summed E-state index contributed by atoms with van der Waals surface area (Å²) in [6.07, 6.45) is -2.87. The maximum Gasteiger partial charge on any atom is 0.308 e. The summed E-state index contributed by atoms with van der Waals surface area (Å²) in [4.78, 5) is 39.8. The molecular formula is C39H65NO14. The number of hydrogen-bond donors (Lipinski definition) is 3. The van der Waals surface area contributed by atoms with Crippen LogP contribution in [0.25, 0.3) is 0 Å². The second-order valence-electron chi connectivity index (χ2n) is 15.3. The molecule has 0 amide bonds. The molecule has 3 aliphatic rings. The number of carbonyl (C=O) groups excluding carboxylic acids is 3. The van der Waals surface area contributed by atoms with Crippen molar-refractivity contribution in [3.05, 3.63) is 24.3 Å². The van der Waals surface area contributed by atoms with Crippen molar-refractivity contribution >= 4 is 18.2 Å². The summed E-state index contributed by atoms with van der Waals surface area (Å²) < 4.78 is 48.4. The van der Waals surface area contributed by atoms with E-state index < -0.39 is 109 Å². The van der Waals surface area contributed by atoms with Crippen LogP contribution in [0.1, 0.15) is 80.1 Å². The number of cyclic esters (lactones) is 1. The number of esters is 2. The lowest BCUT2D eigenvalue weighted by atomic mass is 9.85. The average Bonchev–Trinajstić information content (AvgIpc) is 3.09. The number of ether oxygens (including phenoxy) is 8. The molecule has 0 radical (unpaired) electrons. The van der Waals surface area contributed by atoms with E-state index in [9.17, 15) is 29.7 Å². The Bertz CT molecular complexity index is 1250. The van der Waals surface area contributed by atoms with Gasteiger partial charge in [-0.1, -0.05) is 38.2 Å². The maximum absolute atomic E-state index is 12.8. The molecule has 15 heteroatoms. The highest BCUT2D eigenvalue weighted by Gasteiger charge is 2.53. The number of rotatable bonds is 11. The third kappa shape index (κ3) is 12.1. The Kier molecular flexibility index (Phi) is 18.2. The van der Waals surface area contributed by atoms with Gasteiger partial charge in [0.25, 0.3) is 0 Å². The van der Waals surface area contributed by atoms with Crippen molar-refractivity contribution in [2.45, 2.75) is 165 Å². The molecule has 2 saturated heterocycles. The largest absolute Gasteiger partial charge is 0.462 e. The van der Waals surface area contributed by atoms with Crippen LogP contribution in [-0.4, -0.2) is 152 Å². The first-order valence-corrected chi connectivity index (χ1v) is 19.1. The summed E-state index contributed by atoms with van der Waals surface area (Å²) >= 11 is 0. The van der Waals surface area contributed by atoms with Crippen LogP contribution in [0.4, 0.5) is 0 Å². The molecule has 310 valence electrons. The lowest BCUT2D eigenvalue weighted by Crippen LogP contribution is -2.66. The molecular weight excluding hydrogens is 706 g/mol. The minimum absolute atomic E-state index is 0.114. The number of hydrogen-bond acceptors (Lipinski definition) is 15. The van der Waals surface area contributed by atoms with E-state index in [4.69, 9.17) is 37.9 Å². The molecule has 0 aromatic rings. The molecule has 15 nitrogen and oxygen atoms in total. The predicted molar refractivity (Wildman–Crippen MR) is 196 cm³/mol. The molecule has 3 heterocycles. The fourth-order valence-electron chi connectivity index (χ4n) is 7.53. The monoisotopic (exact) mass is 771 g/mol. The number of likely N-dealkylation sites (N-methyl/N-ethyl adjacent to an activating group) is 1. The fourth-order valence-corrected chi connectivity index (χ4v) is 7.53. The zero-order chi connectivity index (χ0) is 40.3. The van der Waals surface area contributed by atoms with Crippen molar-refractivity contribution in [2.24, 2.45) is 11.8 Å². The predicted octanol–water partition coefficient (Wildman–Crippen LogP) is 2.46. The van der Waals surface area contributed by atoms with Crippen LogP contribution in [0.2, 0.25) is 0 Å². The van der Waals surface area contributed by atoms with Gasteiger partial charge in [-0.05, 0) is 60.5 Å². The second kappa shape index (κ2) is 21.3. The van der Waals surface area contributed by atoms with Gasteiger partial charge in [-0.3, -0.25) is 9.59 Å². The van der Waals surface area contributed by atoms with Crippen LogP contribution in [0.3, 0.4) is 0 Å². The minimum Gasteiger partial charge on any atom is -0.462 e. The highest BCUT2D eigenvalue weighted by molar-refractivity contribution is 5.70. The zero-order valence-electron chi connectivity index (χ0n) is 33.6. The van der Waals surface area contributed by atoms with Gasteiger partial charge in [-0.25, -0.2) is 0 Å². The number of methoxy groups -OCH3 is 2. The third-order valence-corrected chi connectivity index (χ3v) is 10.6. The molecule has 3 N–H and O–H groups in total. The fraction of sp³-hybridized carbons (Fsp3) is 0.821. The van der Waals surface area contributed by atoms with Crippen molar-refractivity contribution in [2.75, 3.05) is 28.3 Å². The Morgan fingerprint density at radius 2 is 1.72 bits per heavy atom. The Balaban J connectivity index is 1.90. The van der Waals surface area contributed by atoms with E-state index >= 15 is 0 Å². The van der Waals surface area contributed by atoms with E-state index in [0.29, 0.717) is 19.1 Å². The lowest BCUT2D eigenvalue weighted by Gasteiger charge is -2.50. The van der Waals surface area contributed by atoms with Gasteiger partial charge in [-0.15, -0.1) is 0 Å². The third-order valence-electron chi connectivity index (χ3n) is 10.6. The van der Waals surface area contributed by atoms with Crippen LogP contribution >= 0.6 is 0 Å². The van der Waals surface area contributed by atoms with Gasteiger partial charge in [0, 0.05) is 39.4 Å². The van der Waals surface area contributed by atoms with Crippen LogP contribution in [0.15, 0.2) is 24.3 Å². The molecule has 3 rings (SSSR count). The Labute approximate surface area is 320 Å². The molecule has 0 aromatic heterocycles. The SMILES string of the molecule is CCCC(=O)O[C@H]1[C@H](C)O[C@@H](O[C@@H]2[C@H](N(C)C)[C@@H](O)[C@H](O[C@@H]3[C@@H](OC)[C@H](O)CC(=O)O[C@H](C)C/C=C/C=C/[C@H](O)[C@H](C)C[C@@H]3C=O)O[C@@H]2C)C[C@@]1(C)OC. The summed E-state index contributed by atoms with van der Waals surface area (Å²) in [6, 6.07) is -0.728. The Morgan fingerprint density at radius 1 is 1.02 bits per heavy atom. The quantitative estimate of drug-likeness (QED) is 0.205. The molecule has 2 fully saturated rings. The van der Waals surface area contributed by atoms with Gasteiger partial charge >= 0.3 is 11.9 Å². The number of nitrogens with zero attached hydrogens (tertiary/aromatic N) is 1. The summed E-state index contributed by atoms with van der Waals surface area (Å²) in [5.41, 5.74) is -0.936. The average molecular weight is 772 g/mol. The first-order valence-electron chi connectivity index (χ1n) is 19.1. The van der Waals surface area contributed by atoms with Crippen LogP contribution in [0, 0.1) is 11.8 Å². The van der Waals surface area contributed by atoms with Crippen LogP contribution < -0.4 is 0 Å². The van der Waals surface area contributed by atoms with Crippen molar-refractivity contribution in [3.63, 3.8) is 0 Å². The number of aliphatic hydroxyl groups excluding tert-OH is 3. The summed E-state index contributed by atoms with van der Waals surface area (Å²) in [5.74, 6) is -2.41. The number of allylic oxidation sites excluding steroid dienone is 2. The van der Waals surface area contributed by atoms with Crippen molar-refractivity contribution in [1.82, 2.24) is 4.90 Å². The molecule has 16 atom stereocenters. The van der Waals surface area contributed by atoms with Gasteiger partial charge in [0.15, 0.2) is 18.7 Å². The molecule has 0 saturated carbocycles. The molecule has 0 bridgehead atoms. The Hall–Kier alpha value is -2.31. The zero-order valence-corrected chi connectivity index (χ0v) is 33.6. The van der Waals surface area contributed by atoms with Gasteiger partial charge in [0.1, 0.15) is 36.3 Å². The molecule has 0 spiro atoms. The van der Waals surface area contributed by atoms with Crippen LogP contribution in [-0.2, 0) is 52.3 Å². The summed E-state index contributed by atoms with van der Waals surface area (Å²) in [6.45, 7) is 10.8. The summed E-state index contributed by atoms with van der Waals surface area (Å²) in [7, 11) is 6.41. The smallest absolute Gasteiger partial charge is 0.308 e. The van der Waals surface area contributed by atoms with E-state index in [0.717, 1.165) is 0 Å². The van der Waals surface area contributed by atoms with E-state index in [2.05, 4.69) is 0 Å². The van der Waals surface area contributed by atoms with Gasteiger partial charge in [-0.2, -0.15) is 0 Å². The highest BCUT2D eigenvalue weighted by atomic mass is 16.7. The summed E-state index contributed by atoms with van der Waals surface area (Å²) in [5, 5.41) is 34.2. The maximum atomic E-state index is 12.8. The normalized spacial score (nSPS) is 42.9. The van der Waals surface area contributed by atoms with E-state index in [1.165, 1.54) is 7.11 Å². The van der Waals surface area contributed by atoms with Crippen LogP contribution in [0.5, 0.6) is 0 Å². The molecule has 3 aliphatic heterocycles. The molecule has 0 aromatic carbocycles. The first kappa shape index (κ1) is 46.1. The first-order chi connectivity index (χ1) is 25.5. The lowest BCUT2D eigenvalue weighted by molar-refractivity contribution is -0.344. The number of aliphatic hydroxyl groups is 3. The standard InChI is InChI=1S/C39H65NO14/c1-11-15-29(44)52-37-25(5)50-31(20-39(37,6)48-10)53-34-24(4)51-38(33(46)32(34)40(7)8)54-35-26(21-41)18-22(2)27(42)17-14-12-13-16-23(3)49-30(45)19-28(43)36(35)47-9/h12-14,17,21-28,31-38,42-43,46H,11,15-16,18-20H2,1-10H3/b13-12+,17-14+/t22-,23-,24-,25+,26-,27+,28-,31+,32-,33-,34+,35+,36+,37+,38+,39-/m1/s1. The van der Waals surface area contributed by atoms with Gasteiger partial charge in [0.05, 0.1) is 43.0 Å². The van der Waals surface area contributed by atoms with Crippen molar-refractivity contribution < 1.29 is 67.6 Å². The van der Waals surface area contributed by atoms with E-state index in [-0.39, 0.29) is 25.2 Å². The Morgan fingerprint density at radius 3 is 2.33 bits per heavy atom. The van der Waals surface area contributed by atoms with E-state index in [1.807, 2.05) is 13.8 Å². The van der Waals surface area contributed by atoms with Gasteiger partial charge < -0.3 is 62.9 Å². The second-order valence-corrected chi connectivity index (χ2v) is 15.3. The highest BCUT2D eigenvalue weighted by Crippen LogP contribution is 2.38. The molecule has 54 heavy (non-hydrogen) atoms. The van der Waals surface area contributed by atoms with Crippen molar-refractivity contribution in [3.8, 4) is 0 Å². The minimum atomic E-state index is -1.46. The van der Waals surface area contributed by atoms with Crippen molar-refractivity contribution in [1.29, 1.82) is 0 Å². The molecule has 0 unspecified atom stereocenters. The molecule has 0 aliphatic carbocycles. The number of carbonyl (C=O) groups is 3. The van der Waals surface area contributed by atoms with Gasteiger partial charge in [0.2, 0.25) is 0 Å². The number of aldehydes is 1. The topological polar surface area (TPSA) is 189 Å². The van der Waals surface area contributed by atoms with E-state index in [1.54, 1.807) is 78.1 Å².